The van der Waals surface area contributed by atoms with E-state index >= 15 is 0 Å². The zero-order valence-electron chi connectivity index (χ0n) is 14.8. The maximum atomic E-state index is 14.1. The smallest absolute Gasteiger partial charge is 0.253 e. The average Bonchev–Trinajstić information content (AvgIpc) is 2.94. The Labute approximate surface area is 152 Å². The minimum atomic E-state index is -0.322. The van der Waals surface area contributed by atoms with Crippen molar-refractivity contribution in [2.45, 2.75) is 13.8 Å². The van der Waals surface area contributed by atoms with E-state index in [4.69, 9.17) is 4.74 Å². The first kappa shape index (κ1) is 17.7. The number of rotatable bonds is 6. The third kappa shape index (κ3) is 3.77. The second kappa shape index (κ2) is 7.87. The van der Waals surface area contributed by atoms with Gasteiger partial charge in [0.1, 0.15) is 18.2 Å². The first-order valence-corrected chi connectivity index (χ1v) is 8.48. The monoisotopic (exact) mass is 352 g/mol. The van der Waals surface area contributed by atoms with Gasteiger partial charge in [0.25, 0.3) is 5.91 Å². The maximum Gasteiger partial charge on any atom is 0.253 e. The number of aryl methyl sites for hydroxylation is 1. The molecule has 2 aromatic carbocycles. The van der Waals surface area contributed by atoms with Crippen LogP contribution in [0.15, 0.2) is 60.7 Å². The van der Waals surface area contributed by atoms with Crippen molar-refractivity contribution in [1.82, 2.24) is 9.88 Å². The van der Waals surface area contributed by atoms with Gasteiger partial charge >= 0.3 is 0 Å². The first-order chi connectivity index (χ1) is 12.6. The number of carbonyl (C=O) groups is 1. The van der Waals surface area contributed by atoms with Crippen molar-refractivity contribution in [2.24, 2.45) is 0 Å². The third-order valence-corrected chi connectivity index (χ3v) is 4.17. The molecule has 0 atom stereocenters. The Bertz CT molecular complexity index is 904. The molecular weight excluding hydrogens is 331 g/mol. The van der Waals surface area contributed by atoms with E-state index in [1.165, 1.54) is 6.07 Å². The molecule has 0 spiro atoms. The predicted molar refractivity (Wildman–Crippen MR) is 99.5 cm³/mol. The van der Waals surface area contributed by atoms with E-state index in [9.17, 15) is 9.18 Å². The normalized spacial score (nSPS) is 10.6. The Hall–Kier alpha value is -3.08. The van der Waals surface area contributed by atoms with Crippen molar-refractivity contribution >= 4 is 5.91 Å². The number of aromatic nitrogens is 1. The number of nitrogens with one attached hydrogen (secondary N) is 1. The second-order valence-electron chi connectivity index (χ2n) is 5.99. The van der Waals surface area contributed by atoms with Gasteiger partial charge in [0.2, 0.25) is 0 Å². The molecule has 0 saturated heterocycles. The third-order valence-electron chi connectivity index (χ3n) is 4.17. The molecule has 1 N–H and O–H groups in total. The van der Waals surface area contributed by atoms with Crippen LogP contribution in [-0.4, -0.2) is 23.6 Å². The van der Waals surface area contributed by atoms with Crippen LogP contribution in [0.2, 0.25) is 0 Å². The molecule has 134 valence electrons. The summed E-state index contributed by atoms with van der Waals surface area (Å²) in [7, 11) is 0. The minimum absolute atomic E-state index is 0.197. The van der Waals surface area contributed by atoms with Crippen LogP contribution < -0.4 is 10.1 Å². The lowest BCUT2D eigenvalue weighted by atomic mass is 10.2. The van der Waals surface area contributed by atoms with Gasteiger partial charge in [-0.15, -0.1) is 0 Å². The number of para-hydroxylation sites is 2. The van der Waals surface area contributed by atoms with Gasteiger partial charge in [-0.3, -0.25) is 4.79 Å². The van der Waals surface area contributed by atoms with Gasteiger partial charge in [0.15, 0.2) is 0 Å². The molecule has 3 aromatic rings. The highest BCUT2D eigenvalue weighted by atomic mass is 19.1. The SMILES string of the molecule is Cc1cc(C(=O)NCCOc2ccccc2)c(C)n1-c1ccccc1F. The summed E-state index contributed by atoms with van der Waals surface area (Å²) in [5.41, 5.74) is 2.48. The summed E-state index contributed by atoms with van der Waals surface area (Å²) in [5.74, 6) is 0.245. The molecule has 0 radical (unpaired) electrons. The number of halogens is 1. The molecule has 5 heteroatoms. The van der Waals surface area contributed by atoms with E-state index in [2.05, 4.69) is 5.32 Å². The summed E-state index contributed by atoms with van der Waals surface area (Å²) >= 11 is 0. The van der Waals surface area contributed by atoms with Crippen molar-refractivity contribution in [2.75, 3.05) is 13.2 Å². The van der Waals surface area contributed by atoms with E-state index in [-0.39, 0.29) is 11.7 Å². The van der Waals surface area contributed by atoms with Crippen LogP contribution in [0.25, 0.3) is 5.69 Å². The Morgan fingerprint density at radius 3 is 2.50 bits per heavy atom. The van der Waals surface area contributed by atoms with Crippen molar-refractivity contribution in [1.29, 1.82) is 0 Å². The van der Waals surface area contributed by atoms with Gasteiger partial charge < -0.3 is 14.6 Å². The van der Waals surface area contributed by atoms with Gasteiger partial charge in [0.05, 0.1) is 17.8 Å². The Kier molecular flexibility index (Phi) is 5.37. The molecule has 0 fully saturated rings. The Morgan fingerprint density at radius 1 is 1.08 bits per heavy atom. The maximum absolute atomic E-state index is 14.1. The highest BCUT2D eigenvalue weighted by Gasteiger charge is 2.17. The van der Waals surface area contributed by atoms with Crippen LogP contribution in [0.1, 0.15) is 21.7 Å². The topological polar surface area (TPSA) is 43.3 Å². The fourth-order valence-electron chi connectivity index (χ4n) is 2.94. The fraction of sp³-hybridized carbons (Fsp3) is 0.190. The molecule has 4 nitrogen and oxygen atoms in total. The van der Waals surface area contributed by atoms with E-state index in [1.807, 2.05) is 44.2 Å². The van der Waals surface area contributed by atoms with Crippen molar-refractivity contribution in [3.05, 3.63) is 83.4 Å². The number of nitrogens with zero attached hydrogens (tertiary/aromatic N) is 1. The van der Waals surface area contributed by atoms with Crippen LogP contribution in [0.5, 0.6) is 5.75 Å². The molecule has 26 heavy (non-hydrogen) atoms. The number of amides is 1. The lowest BCUT2D eigenvalue weighted by Crippen LogP contribution is -2.28. The van der Waals surface area contributed by atoms with Crippen LogP contribution in [-0.2, 0) is 0 Å². The molecule has 0 bridgehead atoms. The molecule has 0 saturated carbocycles. The van der Waals surface area contributed by atoms with Crippen molar-refractivity contribution in [3.8, 4) is 11.4 Å². The molecular formula is C21H21FN2O2. The van der Waals surface area contributed by atoms with E-state index in [1.54, 1.807) is 28.8 Å². The van der Waals surface area contributed by atoms with Crippen LogP contribution in [0.4, 0.5) is 4.39 Å². The van der Waals surface area contributed by atoms with Gasteiger partial charge in [-0.05, 0) is 44.2 Å². The molecule has 1 aromatic heterocycles. The Balaban J connectivity index is 1.67. The molecule has 3 rings (SSSR count). The van der Waals surface area contributed by atoms with Gasteiger partial charge in [0, 0.05) is 11.4 Å². The molecule has 0 aliphatic heterocycles. The summed E-state index contributed by atoms with van der Waals surface area (Å²) in [5, 5.41) is 2.85. The number of ether oxygens (including phenoxy) is 1. The Morgan fingerprint density at radius 2 is 1.77 bits per heavy atom. The lowest BCUT2D eigenvalue weighted by molar-refractivity contribution is 0.0946. The second-order valence-corrected chi connectivity index (χ2v) is 5.99. The molecule has 1 amide bonds. The van der Waals surface area contributed by atoms with Crippen LogP contribution in [0.3, 0.4) is 0 Å². The first-order valence-electron chi connectivity index (χ1n) is 8.48. The summed E-state index contributed by atoms with van der Waals surface area (Å²) in [6.07, 6.45) is 0. The number of benzene rings is 2. The number of carbonyl (C=O) groups excluding carboxylic acids is 1. The summed E-state index contributed by atoms with van der Waals surface area (Å²) in [4.78, 5) is 12.5. The molecule has 0 aliphatic carbocycles. The van der Waals surface area contributed by atoms with Crippen molar-refractivity contribution in [3.63, 3.8) is 0 Å². The fourth-order valence-corrected chi connectivity index (χ4v) is 2.94. The summed E-state index contributed by atoms with van der Waals surface area (Å²) in [6, 6.07) is 17.7. The van der Waals surface area contributed by atoms with Crippen molar-refractivity contribution < 1.29 is 13.9 Å². The highest BCUT2D eigenvalue weighted by Crippen LogP contribution is 2.22. The van der Waals surface area contributed by atoms with Crippen LogP contribution in [0, 0.1) is 19.7 Å². The quantitative estimate of drug-likeness (QED) is 0.681. The number of hydrogen-bond donors (Lipinski definition) is 1. The van der Waals surface area contributed by atoms with Gasteiger partial charge in [-0.1, -0.05) is 30.3 Å². The lowest BCUT2D eigenvalue weighted by Gasteiger charge is -2.11. The van der Waals surface area contributed by atoms with E-state index in [0.29, 0.717) is 30.1 Å². The largest absolute Gasteiger partial charge is 0.492 e. The van der Waals surface area contributed by atoms with E-state index in [0.717, 1.165) is 11.4 Å². The predicted octanol–water partition coefficient (Wildman–Crippen LogP) is 4.04. The highest BCUT2D eigenvalue weighted by molar-refractivity contribution is 5.95. The van der Waals surface area contributed by atoms with Crippen LogP contribution >= 0.6 is 0 Å². The molecule has 1 heterocycles. The average molecular weight is 352 g/mol. The zero-order chi connectivity index (χ0) is 18.5. The standard InChI is InChI=1S/C21H21FN2O2/c1-15-14-18(16(2)24(15)20-11-7-6-10-19(20)22)21(25)23-12-13-26-17-8-4-3-5-9-17/h3-11,14H,12-13H2,1-2H3,(H,23,25). The summed E-state index contributed by atoms with van der Waals surface area (Å²) in [6.45, 7) is 4.43. The van der Waals surface area contributed by atoms with E-state index < -0.39 is 0 Å². The summed E-state index contributed by atoms with van der Waals surface area (Å²) < 4.78 is 21.4. The zero-order valence-corrected chi connectivity index (χ0v) is 14.8. The van der Waals surface area contributed by atoms with Gasteiger partial charge in [-0.25, -0.2) is 4.39 Å². The van der Waals surface area contributed by atoms with Gasteiger partial charge in [-0.2, -0.15) is 0 Å². The molecule has 0 unspecified atom stereocenters. The number of hydrogen-bond acceptors (Lipinski definition) is 2. The minimum Gasteiger partial charge on any atom is -0.492 e. The molecule has 0 aliphatic rings.